The van der Waals surface area contributed by atoms with Gasteiger partial charge in [0.1, 0.15) is 0 Å². The van der Waals surface area contributed by atoms with Crippen molar-refractivity contribution in [1.29, 1.82) is 0 Å². The lowest BCUT2D eigenvalue weighted by Gasteiger charge is -2.23. The first-order valence-electron chi connectivity index (χ1n) is 4.66. The molecule has 0 saturated carbocycles. The first kappa shape index (κ1) is 10.1. The molecule has 1 fully saturated rings. The SMILES string of the molecule is Clc1cc(C2CCCNC2)c(Cl)nn1. The summed E-state index contributed by atoms with van der Waals surface area (Å²) in [6.07, 6.45) is 2.30. The van der Waals surface area contributed by atoms with Gasteiger partial charge in [-0.1, -0.05) is 23.2 Å². The van der Waals surface area contributed by atoms with E-state index < -0.39 is 0 Å². The van der Waals surface area contributed by atoms with E-state index in [0.717, 1.165) is 25.1 Å². The molecule has 0 radical (unpaired) electrons. The molecular weight excluding hydrogens is 221 g/mol. The van der Waals surface area contributed by atoms with E-state index in [1.807, 2.05) is 6.07 Å². The highest BCUT2D eigenvalue weighted by Gasteiger charge is 2.19. The molecule has 1 saturated heterocycles. The van der Waals surface area contributed by atoms with Crippen LogP contribution in [0.1, 0.15) is 24.3 Å². The summed E-state index contributed by atoms with van der Waals surface area (Å²) < 4.78 is 0. The second-order valence-corrected chi connectivity index (χ2v) is 4.20. The van der Waals surface area contributed by atoms with Crippen LogP contribution in [-0.2, 0) is 0 Å². The molecule has 5 heteroatoms. The molecular formula is C9H11Cl2N3. The molecule has 14 heavy (non-hydrogen) atoms. The highest BCUT2D eigenvalue weighted by Crippen LogP contribution is 2.28. The van der Waals surface area contributed by atoms with Crippen LogP contribution in [0.5, 0.6) is 0 Å². The zero-order valence-electron chi connectivity index (χ0n) is 7.63. The van der Waals surface area contributed by atoms with Crippen LogP contribution < -0.4 is 5.32 Å². The minimum absolute atomic E-state index is 0.412. The van der Waals surface area contributed by atoms with Gasteiger partial charge in [-0.05, 0) is 36.9 Å². The molecule has 1 atom stereocenters. The molecule has 1 N–H and O–H groups in total. The molecule has 3 nitrogen and oxygen atoms in total. The van der Waals surface area contributed by atoms with E-state index in [1.54, 1.807) is 0 Å². The minimum Gasteiger partial charge on any atom is -0.316 e. The van der Waals surface area contributed by atoms with E-state index in [4.69, 9.17) is 23.2 Å². The van der Waals surface area contributed by atoms with Crippen molar-refractivity contribution in [3.63, 3.8) is 0 Å². The number of hydrogen-bond donors (Lipinski definition) is 1. The highest BCUT2D eigenvalue weighted by atomic mass is 35.5. The van der Waals surface area contributed by atoms with E-state index in [0.29, 0.717) is 16.2 Å². The van der Waals surface area contributed by atoms with Crippen LogP contribution in [0.15, 0.2) is 6.07 Å². The van der Waals surface area contributed by atoms with Gasteiger partial charge in [0, 0.05) is 6.54 Å². The van der Waals surface area contributed by atoms with Crippen LogP contribution in [0.2, 0.25) is 10.3 Å². The maximum absolute atomic E-state index is 5.97. The van der Waals surface area contributed by atoms with Crippen LogP contribution in [-0.4, -0.2) is 23.3 Å². The van der Waals surface area contributed by atoms with Crippen molar-refractivity contribution in [3.05, 3.63) is 21.9 Å². The fraction of sp³-hybridized carbons (Fsp3) is 0.556. The van der Waals surface area contributed by atoms with Gasteiger partial charge < -0.3 is 5.32 Å². The first-order chi connectivity index (χ1) is 6.77. The van der Waals surface area contributed by atoms with Crippen molar-refractivity contribution in [2.75, 3.05) is 13.1 Å². The van der Waals surface area contributed by atoms with E-state index in [1.165, 1.54) is 6.42 Å². The third-order valence-electron chi connectivity index (χ3n) is 2.48. The second-order valence-electron chi connectivity index (χ2n) is 3.46. The summed E-state index contributed by atoms with van der Waals surface area (Å²) in [4.78, 5) is 0. The Labute approximate surface area is 92.8 Å². The molecule has 2 heterocycles. The lowest BCUT2D eigenvalue weighted by atomic mass is 9.93. The molecule has 0 spiro atoms. The minimum atomic E-state index is 0.412. The summed E-state index contributed by atoms with van der Waals surface area (Å²) in [5, 5.41) is 11.7. The lowest BCUT2D eigenvalue weighted by molar-refractivity contribution is 0.460. The van der Waals surface area contributed by atoms with Gasteiger partial charge >= 0.3 is 0 Å². The number of halogens is 2. The molecule has 0 aromatic carbocycles. The Bertz CT molecular complexity index is 324. The molecule has 1 aromatic rings. The summed E-state index contributed by atoms with van der Waals surface area (Å²) in [6.45, 7) is 2.03. The molecule has 0 bridgehead atoms. The van der Waals surface area contributed by atoms with Gasteiger partial charge in [-0.2, -0.15) is 0 Å². The second kappa shape index (κ2) is 4.43. The summed E-state index contributed by atoms with van der Waals surface area (Å²) >= 11 is 11.8. The molecule has 0 aliphatic carbocycles. The van der Waals surface area contributed by atoms with Crippen LogP contribution in [0.4, 0.5) is 0 Å². The first-order valence-corrected chi connectivity index (χ1v) is 5.42. The van der Waals surface area contributed by atoms with E-state index in [2.05, 4.69) is 15.5 Å². The molecule has 2 rings (SSSR count). The zero-order valence-corrected chi connectivity index (χ0v) is 9.15. The quantitative estimate of drug-likeness (QED) is 0.806. The maximum atomic E-state index is 5.97. The van der Waals surface area contributed by atoms with Crippen molar-refractivity contribution >= 4 is 23.2 Å². The lowest BCUT2D eigenvalue weighted by Crippen LogP contribution is -2.28. The van der Waals surface area contributed by atoms with Crippen molar-refractivity contribution in [3.8, 4) is 0 Å². The third-order valence-corrected chi connectivity index (χ3v) is 2.96. The standard InChI is InChI=1S/C9H11Cl2N3/c10-8-4-7(9(11)14-13-8)6-2-1-3-12-5-6/h4,6,12H,1-3,5H2. The number of piperidine rings is 1. The van der Waals surface area contributed by atoms with Gasteiger partial charge in [0.25, 0.3) is 0 Å². The van der Waals surface area contributed by atoms with Gasteiger partial charge in [-0.3, -0.25) is 0 Å². The molecule has 1 unspecified atom stereocenters. The summed E-state index contributed by atoms with van der Waals surface area (Å²) in [5.74, 6) is 0.421. The number of hydrogen-bond acceptors (Lipinski definition) is 3. The fourth-order valence-corrected chi connectivity index (χ4v) is 2.17. The number of aromatic nitrogens is 2. The summed E-state index contributed by atoms with van der Waals surface area (Å²) in [7, 11) is 0. The van der Waals surface area contributed by atoms with Crippen molar-refractivity contribution in [1.82, 2.24) is 15.5 Å². The van der Waals surface area contributed by atoms with Crippen LogP contribution in [0.25, 0.3) is 0 Å². The van der Waals surface area contributed by atoms with Crippen LogP contribution in [0, 0.1) is 0 Å². The summed E-state index contributed by atoms with van der Waals surface area (Å²) in [5.41, 5.74) is 1.01. The van der Waals surface area contributed by atoms with Gasteiger partial charge in [0.15, 0.2) is 10.3 Å². The summed E-state index contributed by atoms with van der Waals surface area (Å²) in [6, 6.07) is 1.81. The predicted octanol–water partition coefficient (Wildman–Crippen LogP) is 2.25. The normalized spacial score (nSPS) is 22.3. The van der Waals surface area contributed by atoms with Gasteiger partial charge in [0.2, 0.25) is 0 Å². The Balaban J connectivity index is 2.24. The van der Waals surface area contributed by atoms with E-state index in [-0.39, 0.29) is 0 Å². The molecule has 1 aliphatic rings. The highest BCUT2D eigenvalue weighted by molar-refractivity contribution is 6.31. The van der Waals surface area contributed by atoms with Gasteiger partial charge in [-0.15, -0.1) is 10.2 Å². The van der Waals surface area contributed by atoms with Crippen molar-refractivity contribution in [2.24, 2.45) is 0 Å². The van der Waals surface area contributed by atoms with E-state index in [9.17, 15) is 0 Å². The Morgan fingerprint density at radius 3 is 2.93 bits per heavy atom. The van der Waals surface area contributed by atoms with Crippen LogP contribution >= 0.6 is 23.2 Å². The Kier molecular flexibility index (Phi) is 3.21. The average Bonchev–Trinajstić information content (AvgIpc) is 2.23. The molecule has 1 aromatic heterocycles. The number of rotatable bonds is 1. The zero-order chi connectivity index (χ0) is 9.97. The van der Waals surface area contributed by atoms with Crippen molar-refractivity contribution < 1.29 is 0 Å². The third kappa shape index (κ3) is 2.16. The van der Waals surface area contributed by atoms with E-state index >= 15 is 0 Å². The van der Waals surface area contributed by atoms with Crippen molar-refractivity contribution in [2.45, 2.75) is 18.8 Å². The molecule has 76 valence electrons. The Morgan fingerprint density at radius 2 is 2.21 bits per heavy atom. The smallest absolute Gasteiger partial charge is 0.155 e. The predicted molar refractivity (Wildman–Crippen MR) is 56.9 cm³/mol. The number of nitrogens with zero attached hydrogens (tertiary/aromatic N) is 2. The maximum Gasteiger partial charge on any atom is 0.155 e. The Hall–Kier alpha value is -0.380. The molecule has 1 aliphatic heterocycles. The monoisotopic (exact) mass is 231 g/mol. The van der Waals surface area contributed by atoms with Gasteiger partial charge in [-0.25, -0.2) is 0 Å². The fourth-order valence-electron chi connectivity index (χ4n) is 1.77. The number of nitrogens with one attached hydrogen (secondary N) is 1. The Morgan fingerprint density at radius 1 is 1.36 bits per heavy atom. The topological polar surface area (TPSA) is 37.8 Å². The van der Waals surface area contributed by atoms with Gasteiger partial charge in [0.05, 0.1) is 0 Å². The largest absolute Gasteiger partial charge is 0.316 e. The van der Waals surface area contributed by atoms with Crippen LogP contribution in [0.3, 0.4) is 0 Å². The molecule has 0 amide bonds. The average molecular weight is 232 g/mol.